The number of hydrogen-bond donors (Lipinski definition) is 1. The SMILES string of the molecule is CC(C)(C)c1ccc(C2CCN(CC(=O)O)CC2)cn1. The number of nitrogens with zero attached hydrogens (tertiary/aromatic N) is 2. The zero-order chi connectivity index (χ0) is 14.8. The Morgan fingerprint density at radius 1 is 1.35 bits per heavy atom. The van der Waals surface area contributed by atoms with Gasteiger partial charge in [0.15, 0.2) is 0 Å². The lowest BCUT2D eigenvalue weighted by Gasteiger charge is -2.31. The molecule has 0 atom stereocenters. The molecule has 0 amide bonds. The molecule has 4 nitrogen and oxygen atoms in total. The first-order chi connectivity index (χ1) is 9.36. The fourth-order valence-corrected chi connectivity index (χ4v) is 2.71. The summed E-state index contributed by atoms with van der Waals surface area (Å²) in [5.74, 6) is -0.221. The van der Waals surface area contributed by atoms with Crippen LogP contribution in [0.5, 0.6) is 0 Å². The van der Waals surface area contributed by atoms with Gasteiger partial charge in [-0.3, -0.25) is 14.7 Å². The van der Waals surface area contributed by atoms with E-state index in [-0.39, 0.29) is 12.0 Å². The Bertz CT molecular complexity index is 454. The van der Waals surface area contributed by atoms with E-state index in [2.05, 4.69) is 37.9 Å². The molecule has 1 aromatic heterocycles. The summed E-state index contributed by atoms with van der Waals surface area (Å²) < 4.78 is 0. The first-order valence-electron chi connectivity index (χ1n) is 7.27. The quantitative estimate of drug-likeness (QED) is 0.922. The van der Waals surface area contributed by atoms with Gasteiger partial charge in [-0.25, -0.2) is 0 Å². The number of aliphatic carboxylic acids is 1. The highest BCUT2D eigenvalue weighted by molar-refractivity contribution is 5.69. The van der Waals surface area contributed by atoms with Crippen molar-refractivity contribution in [1.29, 1.82) is 0 Å². The van der Waals surface area contributed by atoms with E-state index in [0.717, 1.165) is 31.6 Å². The maximum atomic E-state index is 10.7. The number of piperidine rings is 1. The van der Waals surface area contributed by atoms with E-state index < -0.39 is 5.97 Å². The monoisotopic (exact) mass is 276 g/mol. The highest BCUT2D eigenvalue weighted by Crippen LogP contribution is 2.29. The van der Waals surface area contributed by atoms with Crippen LogP contribution in [-0.2, 0) is 10.2 Å². The van der Waals surface area contributed by atoms with Crippen LogP contribution in [0.1, 0.15) is 50.8 Å². The van der Waals surface area contributed by atoms with E-state index in [0.29, 0.717) is 5.92 Å². The number of carbonyl (C=O) groups is 1. The van der Waals surface area contributed by atoms with E-state index in [1.807, 2.05) is 11.1 Å². The normalized spacial score (nSPS) is 18.1. The van der Waals surface area contributed by atoms with Crippen molar-refractivity contribution >= 4 is 5.97 Å². The van der Waals surface area contributed by atoms with Crippen molar-refractivity contribution in [3.05, 3.63) is 29.6 Å². The largest absolute Gasteiger partial charge is 0.480 e. The third kappa shape index (κ3) is 3.79. The molecule has 1 aromatic rings. The van der Waals surface area contributed by atoms with Gasteiger partial charge >= 0.3 is 5.97 Å². The average Bonchev–Trinajstić information content (AvgIpc) is 2.38. The Balaban J connectivity index is 1.95. The van der Waals surface area contributed by atoms with Crippen molar-refractivity contribution in [3.63, 3.8) is 0 Å². The summed E-state index contributed by atoms with van der Waals surface area (Å²) in [6.07, 6.45) is 4.03. The molecule has 4 heteroatoms. The van der Waals surface area contributed by atoms with Gasteiger partial charge in [-0.2, -0.15) is 0 Å². The Morgan fingerprint density at radius 2 is 2.00 bits per heavy atom. The fraction of sp³-hybridized carbons (Fsp3) is 0.625. The van der Waals surface area contributed by atoms with Crippen molar-refractivity contribution < 1.29 is 9.90 Å². The maximum absolute atomic E-state index is 10.7. The second-order valence-corrected chi connectivity index (χ2v) is 6.67. The zero-order valence-electron chi connectivity index (χ0n) is 12.6. The molecule has 0 saturated carbocycles. The first-order valence-corrected chi connectivity index (χ1v) is 7.27. The standard InChI is InChI=1S/C16H24N2O2/c1-16(2,3)14-5-4-13(10-17-14)12-6-8-18(9-7-12)11-15(19)20/h4-5,10,12H,6-9,11H2,1-3H3,(H,19,20). The number of carboxylic acid groups (broad SMARTS) is 1. The van der Waals surface area contributed by atoms with Gasteiger partial charge in [0.25, 0.3) is 0 Å². The highest BCUT2D eigenvalue weighted by atomic mass is 16.4. The average molecular weight is 276 g/mol. The van der Waals surface area contributed by atoms with Gasteiger partial charge in [0.1, 0.15) is 0 Å². The Labute approximate surface area is 120 Å². The van der Waals surface area contributed by atoms with Crippen LogP contribution in [0.25, 0.3) is 0 Å². The lowest BCUT2D eigenvalue weighted by Crippen LogP contribution is -2.36. The summed E-state index contributed by atoms with van der Waals surface area (Å²) in [4.78, 5) is 17.3. The van der Waals surface area contributed by atoms with Crippen molar-refractivity contribution in [1.82, 2.24) is 9.88 Å². The molecule has 0 bridgehead atoms. The van der Waals surface area contributed by atoms with Gasteiger partial charge in [0.2, 0.25) is 0 Å². The van der Waals surface area contributed by atoms with Crippen LogP contribution < -0.4 is 0 Å². The van der Waals surface area contributed by atoms with Gasteiger partial charge in [-0.15, -0.1) is 0 Å². The van der Waals surface area contributed by atoms with E-state index in [1.54, 1.807) is 0 Å². The predicted octanol–water partition coefficient (Wildman–Crippen LogP) is 2.64. The van der Waals surface area contributed by atoms with Gasteiger partial charge < -0.3 is 5.11 Å². The van der Waals surface area contributed by atoms with E-state index in [4.69, 9.17) is 5.11 Å². The summed E-state index contributed by atoms with van der Waals surface area (Å²) in [5.41, 5.74) is 2.49. The Morgan fingerprint density at radius 3 is 2.45 bits per heavy atom. The van der Waals surface area contributed by atoms with Crippen LogP contribution in [0.2, 0.25) is 0 Å². The fourth-order valence-electron chi connectivity index (χ4n) is 2.71. The Hall–Kier alpha value is -1.42. The molecular weight excluding hydrogens is 252 g/mol. The third-order valence-corrected chi connectivity index (χ3v) is 3.97. The lowest BCUT2D eigenvalue weighted by atomic mass is 9.88. The van der Waals surface area contributed by atoms with Crippen LogP contribution in [0.4, 0.5) is 0 Å². The second-order valence-electron chi connectivity index (χ2n) is 6.67. The smallest absolute Gasteiger partial charge is 0.317 e. The molecule has 2 rings (SSSR count). The van der Waals surface area contributed by atoms with Gasteiger partial charge in [-0.1, -0.05) is 26.8 Å². The molecule has 0 unspecified atom stereocenters. The molecule has 0 spiro atoms. The predicted molar refractivity (Wildman–Crippen MR) is 79.0 cm³/mol. The maximum Gasteiger partial charge on any atom is 0.317 e. The van der Waals surface area contributed by atoms with E-state index in [1.165, 1.54) is 5.56 Å². The second kappa shape index (κ2) is 5.92. The van der Waals surface area contributed by atoms with Gasteiger partial charge in [0, 0.05) is 17.3 Å². The summed E-state index contributed by atoms with van der Waals surface area (Å²) in [6.45, 7) is 8.38. The minimum Gasteiger partial charge on any atom is -0.480 e. The summed E-state index contributed by atoms with van der Waals surface area (Å²) in [7, 11) is 0. The third-order valence-electron chi connectivity index (χ3n) is 3.97. The van der Waals surface area contributed by atoms with Crippen LogP contribution >= 0.6 is 0 Å². The highest BCUT2D eigenvalue weighted by Gasteiger charge is 2.22. The molecule has 1 N–H and O–H groups in total. The molecule has 2 heterocycles. The molecule has 1 aliphatic heterocycles. The summed E-state index contributed by atoms with van der Waals surface area (Å²) >= 11 is 0. The molecule has 1 saturated heterocycles. The van der Waals surface area contributed by atoms with E-state index in [9.17, 15) is 4.79 Å². The topological polar surface area (TPSA) is 53.4 Å². The van der Waals surface area contributed by atoms with Crippen molar-refractivity contribution in [2.24, 2.45) is 0 Å². The molecule has 0 aromatic carbocycles. The number of aromatic nitrogens is 1. The molecule has 1 aliphatic rings. The van der Waals surface area contributed by atoms with Crippen molar-refractivity contribution in [2.45, 2.75) is 44.9 Å². The molecule has 20 heavy (non-hydrogen) atoms. The summed E-state index contributed by atoms with van der Waals surface area (Å²) in [6, 6.07) is 4.31. The molecule has 1 fully saturated rings. The van der Waals surface area contributed by atoms with Crippen LogP contribution in [-0.4, -0.2) is 40.6 Å². The molecular formula is C16H24N2O2. The molecule has 0 radical (unpaired) electrons. The number of hydrogen-bond acceptors (Lipinski definition) is 3. The number of carboxylic acids is 1. The van der Waals surface area contributed by atoms with Gasteiger partial charge in [0.05, 0.1) is 6.54 Å². The first kappa shape index (κ1) is 15.0. The van der Waals surface area contributed by atoms with Crippen LogP contribution in [0, 0.1) is 0 Å². The number of pyridine rings is 1. The number of rotatable bonds is 3. The minimum absolute atomic E-state index is 0.0867. The van der Waals surface area contributed by atoms with Crippen LogP contribution in [0.3, 0.4) is 0 Å². The van der Waals surface area contributed by atoms with Gasteiger partial charge in [-0.05, 0) is 43.5 Å². The molecule has 0 aliphatic carbocycles. The van der Waals surface area contributed by atoms with Crippen molar-refractivity contribution in [2.75, 3.05) is 19.6 Å². The minimum atomic E-state index is -0.736. The zero-order valence-corrected chi connectivity index (χ0v) is 12.6. The lowest BCUT2D eigenvalue weighted by molar-refractivity contribution is -0.138. The van der Waals surface area contributed by atoms with Crippen molar-refractivity contribution in [3.8, 4) is 0 Å². The molecule has 110 valence electrons. The van der Waals surface area contributed by atoms with E-state index >= 15 is 0 Å². The summed E-state index contributed by atoms with van der Waals surface area (Å²) in [5, 5.41) is 8.80. The number of likely N-dealkylation sites (tertiary alicyclic amines) is 1. The van der Waals surface area contributed by atoms with Crippen LogP contribution in [0.15, 0.2) is 18.3 Å². The Kier molecular flexibility index (Phi) is 4.43.